The van der Waals surface area contributed by atoms with Gasteiger partial charge in [0.15, 0.2) is 5.65 Å². The Kier molecular flexibility index (Phi) is 2.85. The van der Waals surface area contributed by atoms with E-state index >= 15 is 0 Å². The molecule has 2 aromatic heterocycles. The van der Waals surface area contributed by atoms with Crippen LogP contribution >= 0.6 is 0 Å². The second-order valence-corrected chi connectivity index (χ2v) is 4.48. The Hall–Kier alpha value is -1.72. The lowest BCUT2D eigenvalue weighted by Gasteiger charge is -2.04. The fourth-order valence-corrected chi connectivity index (χ4v) is 2.17. The topological polar surface area (TPSA) is 60.2 Å². The number of aromatic nitrogens is 3. The molecule has 0 saturated carbocycles. The van der Waals surface area contributed by atoms with Crippen molar-refractivity contribution >= 4 is 17.1 Å². The number of rotatable bonds is 2. The maximum Gasteiger partial charge on any atom is 0.158 e. The predicted molar refractivity (Wildman–Crippen MR) is 67.8 cm³/mol. The van der Waals surface area contributed by atoms with Gasteiger partial charge in [-0.05, 0) is 24.1 Å². The largest absolute Gasteiger partial charge is 0.392 e. The van der Waals surface area contributed by atoms with E-state index in [9.17, 15) is 5.11 Å². The molecule has 1 saturated heterocycles. The molecule has 0 unspecified atom stereocenters. The molecule has 0 spiro atoms. The number of fused-ring (bicyclic) bond motifs is 1. The van der Waals surface area contributed by atoms with Gasteiger partial charge in [0.05, 0.1) is 31.7 Å². The lowest BCUT2D eigenvalue weighted by Crippen LogP contribution is -1.98. The van der Waals surface area contributed by atoms with E-state index in [2.05, 4.69) is 10.1 Å². The van der Waals surface area contributed by atoms with Gasteiger partial charge in [0.1, 0.15) is 0 Å². The molecule has 0 aromatic carbocycles. The van der Waals surface area contributed by atoms with Gasteiger partial charge in [-0.3, -0.25) is 4.68 Å². The third-order valence-electron chi connectivity index (χ3n) is 3.19. The molecular weight excluding hydrogens is 230 g/mol. The summed E-state index contributed by atoms with van der Waals surface area (Å²) in [6.45, 7) is 1.42. The SMILES string of the molecule is Cn1ncc2cc(CO)c(/C=C3/CCOC3)nc21. The first-order chi connectivity index (χ1) is 8.78. The van der Waals surface area contributed by atoms with Crippen LogP contribution in [-0.2, 0) is 18.4 Å². The van der Waals surface area contributed by atoms with Crippen molar-refractivity contribution in [1.29, 1.82) is 0 Å². The lowest BCUT2D eigenvalue weighted by atomic mass is 10.1. The van der Waals surface area contributed by atoms with Crippen LogP contribution in [0.4, 0.5) is 0 Å². The molecule has 1 N–H and O–H groups in total. The van der Waals surface area contributed by atoms with Crippen LogP contribution in [0.15, 0.2) is 17.8 Å². The first-order valence-corrected chi connectivity index (χ1v) is 5.97. The third-order valence-corrected chi connectivity index (χ3v) is 3.19. The van der Waals surface area contributed by atoms with Crippen LogP contribution in [0.2, 0.25) is 0 Å². The summed E-state index contributed by atoms with van der Waals surface area (Å²) in [4.78, 5) is 4.58. The minimum absolute atomic E-state index is 0.0161. The Labute approximate surface area is 105 Å². The van der Waals surface area contributed by atoms with Crippen molar-refractivity contribution in [1.82, 2.24) is 14.8 Å². The smallest absolute Gasteiger partial charge is 0.158 e. The summed E-state index contributed by atoms with van der Waals surface area (Å²) in [6.07, 6.45) is 4.72. The zero-order chi connectivity index (χ0) is 12.5. The van der Waals surface area contributed by atoms with Crippen LogP contribution < -0.4 is 0 Å². The Morgan fingerprint density at radius 3 is 3.17 bits per heavy atom. The van der Waals surface area contributed by atoms with E-state index in [1.165, 1.54) is 5.57 Å². The zero-order valence-corrected chi connectivity index (χ0v) is 10.3. The fraction of sp³-hybridized carbons (Fsp3) is 0.385. The standard InChI is InChI=1S/C13H15N3O2/c1-16-13-10(6-14-16)5-11(7-17)12(15-13)4-9-2-3-18-8-9/h4-6,17H,2-3,7-8H2,1H3/b9-4-. The molecule has 0 amide bonds. The molecule has 1 fully saturated rings. The van der Waals surface area contributed by atoms with Crippen molar-refractivity contribution in [3.8, 4) is 0 Å². The molecule has 3 heterocycles. The molecular formula is C13H15N3O2. The van der Waals surface area contributed by atoms with Crippen molar-refractivity contribution in [2.75, 3.05) is 13.2 Å². The van der Waals surface area contributed by atoms with Crippen molar-refractivity contribution in [3.63, 3.8) is 0 Å². The highest BCUT2D eigenvalue weighted by Gasteiger charge is 2.11. The number of aliphatic hydroxyl groups is 1. The van der Waals surface area contributed by atoms with Gasteiger partial charge in [-0.2, -0.15) is 5.10 Å². The average molecular weight is 245 g/mol. The van der Waals surface area contributed by atoms with E-state index in [1.807, 2.05) is 19.2 Å². The highest BCUT2D eigenvalue weighted by molar-refractivity contribution is 5.77. The van der Waals surface area contributed by atoms with Gasteiger partial charge >= 0.3 is 0 Å². The van der Waals surface area contributed by atoms with Crippen LogP contribution in [0.25, 0.3) is 17.1 Å². The number of hydrogen-bond donors (Lipinski definition) is 1. The molecule has 3 rings (SSSR count). The highest BCUT2D eigenvalue weighted by atomic mass is 16.5. The van der Waals surface area contributed by atoms with E-state index in [0.29, 0.717) is 6.61 Å². The number of hydrogen-bond acceptors (Lipinski definition) is 4. The van der Waals surface area contributed by atoms with Crippen molar-refractivity contribution in [2.24, 2.45) is 7.05 Å². The quantitative estimate of drug-likeness (QED) is 0.865. The molecule has 0 atom stereocenters. The van der Waals surface area contributed by atoms with Crippen molar-refractivity contribution in [3.05, 3.63) is 29.1 Å². The second-order valence-electron chi connectivity index (χ2n) is 4.48. The van der Waals surface area contributed by atoms with Crippen molar-refractivity contribution < 1.29 is 9.84 Å². The summed E-state index contributed by atoms with van der Waals surface area (Å²) in [7, 11) is 1.86. The third kappa shape index (κ3) is 1.91. The van der Waals surface area contributed by atoms with Gasteiger partial charge < -0.3 is 9.84 Å². The molecule has 5 heteroatoms. The molecule has 0 radical (unpaired) electrons. The zero-order valence-electron chi connectivity index (χ0n) is 10.3. The molecule has 18 heavy (non-hydrogen) atoms. The molecule has 0 aliphatic carbocycles. The number of ether oxygens (including phenoxy) is 1. The Balaban J connectivity index is 2.13. The van der Waals surface area contributed by atoms with Crippen LogP contribution in [0.3, 0.4) is 0 Å². The highest BCUT2D eigenvalue weighted by Crippen LogP contribution is 2.21. The predicted octanol–water partition coefficient (Wildman–Crippen LogP) is 1.26. The summed E-state index contributed by atoms with van der Waals surface area (Å²) >= 11 is 0. The Bertz CT molecular complexity index is 608. The monoisotopic (exact) mass is 245 g/mol. The molecule has 0 bridgehead atoms. The van der Waals surface area contributed by atoms with Gasteiger partial charge in [-0.25, -0.2) is 4.98 Å². The molecule has 94 valence electrons. The van der Waals surface area contributed by atoms with Gasteiger partial charge in [-0.15, -0.1) is 0 Å². The number of aryl methyl sites for hydroxylation is 1. The first kappa shape index (κ1) is 11.4. The lowest BCUT2D eigenvalue weighted by molar-refractivity contribution is 0.205. The second kappa shape index (κ2) is 4.51. The van der Waals surface area contributed by atoms with Gasteiger partial charge in [-0.1, -0.05) is 0 Å². The maximum absolute atomic E-state index is 9.43. The van der Waals surface area contributed by atoms with Crippen LogP contribution in [-0.4, -0.2) is 33.1 Å². The van der Waals surface area contributed by atoms with Crippen LogP contribution in [0.5, 0.6) is 0 Å². The van der Waals surface area contributed by atoms with Crippen molar-refractivity contribution in [2.45, 2.75) is 13.0 Å². The minimum Gasteiger partial charge on any atom is -0.392 e. The maximum atomic E-state index is 9.43. The molecule has 2 aromatic rings. The van der Waals surface area contributed by atoms with E-state index < -0.39 is 0 Å². The Morgan fingerprint density at radius 2 is 2.44 bits per heavy atom. The van der Waals surface area contributed by atoms with Crippen LogP contribution in [0.1, 0.15) is 17.7 Å². The van der Waals surface area contributed by atoms with E-state index in [1.54, 1.807) is 10.9 Å². The molecule has 1 aliphatic rings. The number of aliphatic hydroxyl groups excluding tert-OH is 1. The number of pyridine rings is 1. The normalized spacial score (nSPS) is 18.0. The summed E-state index contributed by atoms with van der Waals surface area (Å²) in [5.74, 6) is 0. The molecule has 5 nitrogen and oxygen atoms in total. The Morgan fingerprint density at radius 1 is 1.56 bits per heavy atom. The summed E-state index contributed by atoms with van der Waals surface area (Å²) in [5.41, 5.74) is 3.70. The van der Waals surface area contributed by atoms with Gasteiger partial charge in [0, 0.05) is 18.0 Å². The number of nitrogens with zero attached hydrogens (tertiary/aromatic N) is 3. The summed E-state index contributed by atoms with van der Waals surface area (Å²) in [5, 5.41) is 14.6. The fourth-order valence-electron chi connectivity index (χ4n) is 2.17. The minimum atomic E-state index is -0.0161. The van der Waals surface area contributed by atoms with E-state index in [0.717, 1.165) is 35.3 Å². The summed E-state index contributed by atoms with van der Waals surface area (Å²) < 4.78 is 7.06. The molecule has 1 aliphatic heterocycles. The summed E-state index contributed by atoms with van der Waals surface area (Å²) in [6, 6.07) is 1.94. The van der Waals surface area contributed by atoms with Gasteiger partial charge in [0.25, 0.3) is 0 Å². The van der Waals surface area contributed by atoms with E-state index in [4.69, 9.17) is 4.74 Å². The van der Waals surface area contributed by atoms with Crippen LogP contribution in [0, 0.1) is 0 Å². The van der Waals surface area contributed by atoms with E-state index in [-0.39, 0.29) is 6.61 Å². The first-order valence-electron chi connectivity index (χ1n) is 5.97. The van der Waals surface area contributed by atoms with Gasteiger partial charge in [0.2, 0.25) is 0 Å². The average Bonchev–Trinajstić information content (AvgIpc) is 3.00.